The van der Waals surface area contributed by atoms with E-state index in [0.717, 1.165) is 36.9 Å². The van der Waals surface area contributed by atoms with Crippen molar-refractivity contribution >= 4 is 16.5 Å². The number of nitrogens with zero attached hydrogens (tertiary/aromatic N) is 2. The molecule has 0 spiro atoms. The minimum Gasteiger partial charge on any atom is -0.385 e. The zero-order chi connectivity index (χ0) is 12.0. The molecule has 1 heterocycles. The second-order valence-corrected chi connectivity index (χ2v) is 4.87. The molecule has 0 fully saturated rings. The summed E-state index contributed by atoms with van der Waals surface area (Å²) in [4.78, 5) is 8.08. The van der Waals surface area contributed by atoms with Gasteiger partial charge in [0.1, 0.15) is 0 Å². The lowest BCUT2D eigenvalue weighted by Gasteiger charge is -2.14. The van der Waals surface area contributed by atoms with E-state index in [1.807, 2.05) is 7.05 Å². The third kappa shape index (κ3) is 3.73. The number of nitrogens with one attached hydrogen (secondary N) is 1. The van der Waals surface area contributed by atoms with Crippen molar-refractivity contribution in [3.05, 3.63) is 10.6 Å². The minimum absolute atomic E-state index is 0.804. The van der Waals surface area contributed by atoms with Gasteiger partial charge in [-0.3, -0.25) is 0 Å². The maximum atomic E-state index is 5.04. The topological polar surface area (TPSA) is 37.4 Å². The van der Waals surface area contributed by atoms with Crippen LogP contribution in [0.25, 0.3) is 0 Å². The number of anilines is 1. The smallest absolute Gasteiger partial charge is 0.185 e. The predicted octanol–water partition coefficient (Wildman–Crippen LogP) is 1.64. The lowest BCUT2D eigenvalue weighted by Crippen LogP contribution is -2.19. The van der Waals surface area contributed by atoms with Gasteiger partial charge in [0.25, 0.3) is 0 Å². The highest BCUT2D eigenvalue weighted by molar-refractivity contribution is 7.15. The fraction of sp³-hybridized carbons (Fsp3) is 0.727. The van der Waals surface area contributed by atoms with Gasteiger partial charge in [-0.2, -0.15) is 0 Å². The zero-order valence-electron chi connectivity index (χ0n) is 10.5. The number of methoxy groups -OCH3 is 1. The van der Waals surface area contributed by atoms with Gasteiger partial charge in [0.05, 0.1) is 5.69 Å². The van der Waals surface area contributed by atoms with Crippen molar-refractivity contribution in [2.75, 3.05) is 39.3 Å². The first-order valence-corrected chi connectivity index (χ1v) is 6.31. The normalized spacial score (nSPS) is 10.8. The van der Waals surface area contributed by atoms with Gasteiger partial charge in [-0.05, 0) is 20.4 Å². The van der Waals surface area contributed by atoms with E-state index in [1.54, 1.807) is 18.4 Å². The molecular weight excluding hydrogens is 222 g/mol. The Balaban J connectivity index is 2.54. The molecule has 0 saturated heterocycles. The van der Waals surface area contributed by atoms with Gasteiger partial charge in [0, 0.05) is 38.7 Å². The number of rotatable bonds is 7. The van der Waals surface area contributed by atoms with Gasteiger partial charge >= 0.3 is 0 Å². The van der Waals surface area contributed by atoms with E-state index >= 15 is 0 Å². The summed E-state index contributed by atoms with van der Waals surface area (Å²) in [6.45, 7) is 4.75. The summed E-state index contributed by atoms with van der Waals surface area (Å²) in [5.41, 5.74) is 1.13. The van der Waals surface area contributed by atoms with E-state index in [0.29, 0.717) is 0 Å². The molecule has 0 amide bonds. The van der Waals surface area contributed by atoms with Gasteiger partial charge in [0.15, 0.2) is 5.13 Å². The molecule has 1 rings (SSSR count). The summed E-state index contributed by atoms with van der Waals surface area (Å²) in [6.07, 6.45) is 1.03. The van der Waals surface area contributed by atoms with Gasteiger partial charge < -0.3 is 15.0 Å². The Morgan fingerprint density at radius 1 is 1.50 bits per heavy atom. The fourth-order valence-corrected chi connectivity index (χ4v) is 2.50. The summed E-state index contributed by atoms with van der Waals surface area (Å²) in [6, 6.07) is 0. The fourth-order valence-electron chi connectivity index (χ4n) is 1.44. The first-order chi connectivity index (χ1) is 7.69. The van der Waals surface area contributed by atoms with Crippen LogP contribution in [0.3, 0.4) is 0 Å². The Morgan fingerprint density at radius 3 is 2.88 bits per heavy atom. The average molecular weight is 243 g/mol. The van der Waals surface area contributed by atoms with Crippen LogP contribution in [0.5, 0.6) is 0 Å². The van der Waals surface area contributed by atoms with Gasteiger partial charge in [-0.15, -0.1) is 11.3 Å². The molecule has 16 heavy (non-hydrogen) atoms. The summed E-state index contributed by atoms with van der Waals surface area (Å²) in [5.74, 6) is 0. The van der Waals surface area contributed by atoms with Crippen molar-refractivity contribution in [2.45, 2.75) is 19.9 Å². The SMILES string of the molecule is CNCc1sc(N(C)CCCOC)nc1C. The largest absolute Gasteiger partial charge is 0.385 e. The number of hydrogen-bond acceptors (Lipinski definition) is 5. The quantitative estimate of drug-likeness (QED) is 0.739. The van der Waals surface area contributed by atoms with Crippen molar-refractivity contribution in [3.8, 4) is 0 Å². The molecule has 4 nitrogen and oxygen atoms in total. The highest BCUT2D eigenvalue weighted by Gasteiger charge is 2.10. The Morgan fingerprint density at radius 2 is 2.25 bits per heavy atom. The monoisotopic (exact) mass is 243 g/mol. The maximum Gasteiger partial charge on any atom is 0.185 e. The van der Waals surface area contributed by atoms with Crippen molar-refractivity contribution < 1.29 is 4.74 Å². The van der Waals surface area contributed by atoms with E-state index < -0.39 is 0 Å². The third-order valence-electron chi connectivity index (χ3n) is 2.39. The van der Waals surface area contributed by atoms with Crippen LogP contribution >= 0.6 is 11.3 Å². The second kappa shape index (κ2) is 6.83. The highest BCUT2D eigenvalue weighted by Crippen LogP contribution is 2.25. The van der Waals surface area contributed by atoms with Crippen molar-refractivity contribution in [2.24, 2.45) is 0 Å². The number of aryl methyl sites for hydroxylation is 1. The Bertz CT molecular complexity index is 314. The van der Waals surface area contributed by atoms with Gasteiger partial charge in [0.2, 0.25) is 0 Å². The Kier molecular flexibility index (Phi) is 5.73. The molecule has 0 radical (unpaired) electrons. The number of ether oxygens (including phenoxy) is 1. The number of thiazole rings is 1. The molecule has 0 aromatic carbocycles. The Labute approximate surface area is 102 Å². The van der Waals surface area contributed by atoms with Gasteiger partial charge in [-0.1, -0.05) is 0 Å². The van der Waals surface area contributed by atoms with E-state index in [4.69, 9.17) is 4.74 Å². The average Bonchev–Trinajstić information content (AvgIpc) is 2.61. The van der Waals surface area contributed by atoms with E-state index in [2.05, 4.69) is 29.2 Å². The van der Waals surface area contributed by atoms with Crippen LogP contribution < -0.4 is 10.2 Å². The van der Waals surface area contributed by atoms with E-state index in [9.17, 15) is 0 Å². The number of aromatic nitrogens is 1. The molecule has 0 aliphatic carbocycles. The molecule has 92 valence electrons. The van der Waals surface area contributed by atoms with Crippen molar-refractivity contribution in [1.29, 1.82) is 0 Å². The van der Waals surface area contributed by atoms with Crippen LogP contribution in [0.1, 0.15) is 17.0 Å². The first kappa shape index (κ1) is 13.4. The standard InChI is InChI=1S/C11H21N3OS/c1-9-10(8-12-2)16-11(13-9)14(3)6-5-7-15-4/h12H,5-8H2,1-4H3. The number of hydrogen-bond donors (Lipinski definition) is 1. The van der Waals surface area contributed by atoms with Gasteiger partial charge in [-0.25, -0.2) is 4.98 Å². The lowest BCUT2D eigenvalue weighted by atomic mass is 10.4. The van der Waals surface area contributed by atoms with Crippen molar-refractivity contribution in [3.63, 3.8) is 0 Å². The highest BCUT2D eigenvalue weighted by atomic mass is 32.1. The van der Waals surface area contributed by atoms with E-state index in [1.165, 1.54) is 4.88 Å². The van der Waals surface area contributed by atoms with Crippen LogP contribution in [0.2, 0.25) is 0 Å². The summed E-state index contributed by atoms with van der Waals surface area (Å²) < 4.78 is 5.04. The lowest BCUT2D eigenvalue weighted by molar-refractivity contribution is 0.196. The zero-order valence-corrected chi connectivity index (χ0v) is 11.4. The molecule has 5 heteroatoms. The molecule has 0 aliphatic heterocycles. The van der Waals surface area contributed by atoms with Crippen LogP contribution in [0.15, 0.2) is 0 Å². The molecule has 1 aromatic heterocycles. The predicted molar refractivity (Wildman–Crippen MR) is 69.4 cm³/mol. The minimum atomic E-state index is 0.804. The van der Waals surface area contributed by atoms with Crippen molar-refractivity contribution in [1.82, 2.24) is 10.3 Å². The molecule has 1 N–H and O–H groups in total. The Hall–Kier alpha value is -0.650. The summed E-state index contributed by atoms with van der Waals surface area (Å²) >= 11 is 1.76. The first-order valence-electron chi connectivity index (χ1n) is 5.50. The summed E-state index contributed by atoms with van der Waals surface area (Å²) in [5, 5.41) is 4.26. The summed E-state index contributed by atoms with van der Waals surface area (Å²) in [7, 11) is 5.77. The maximum absolute atomic E-state index is 5.04. The van der Waals surface area contributed by atoms with Crippen LogP contribution in [-0.2, 0) is 11.3 Å². The molecule has 0 bridgehead atoms. The molecular formula is C11H21N3OS. The molecule has 1 aromatic rings. The van der Waals surface area contributed by atoms with Crippen LogP contribution in [0, 0.1) is 6.92 Å². The van der Waals surface area contributed by atoms with E-state index in [-0.39, 0.29) is 0 Å². The van der Waals surface area contributed by atoms with Crippen LogP contribution in [0.4, 0.5) is 5.13 Å². The third-order valence-corrected chi connectivity index (χ3v) is 3.66. The molecule has 0 saturated carbocycles. The van der Waals surface area contributed by atoms with Crippen LogP contribution in [-0.4, -0.2) is 39.3 Å². The molecule has 0 atom stereocenters. The second-order valence-electron chi connectivity index (χ2n) is 3.80. The molecule has 0 unspecified atom stereocenters. The molecule has 0 aliphatic rings.